The van der Waals surface area contributed by atoms with E-state index in [1.165, 1.54) is 6.92 Å². The van der Waals surface area contributed by atoms with Crippen LogP contribution in [-0.2, 0) is 10.7 Å². The molecule has 108 valence electrons. The van der Waals surface area contributed by atoms with E-state index >= 15 is 0 Å². The number of rotatable bonds is 4. The van der Waals surface area contributed by atoms with Crippen molar-refractivity contribution in [1.29, 1.82) is 0 Å². The molecule has 2 N–H and O–H groups in total. The number of carbonyl (C=O) groups excluding carboxylic acids is 2. The smallest absolute Gasteiger partial charge is 0.255 e. The van der Waals surface area contributed by atoms with Gasteiger partial charge in [-0.05, 0) is 35.9 Å². The summed E-state index contributed by atoms with van der Waals surface area (Å²) in [6.45, 7) is 1.43. The van der Waals surface area contributed by atoms with Gasteiger partial charge in [0, 0.05) is 29.7 Å². The number of anilines is 2. The zero-order chi connectivity index (χ0) is 15.2. The standard InChI is InChI=1S/C16H15ClN2O2/c1-11(20)18-14-3-2-4-15(9-14)19-16(21)13-7-5-12(10-17)6-8-13/h2-9H,10H2,1H3,(H,18,20)(H,19,21). The van der Waals surface area contributed by atoms with E-state index in [1.807, 2.05) is 12.1 Å². The summed E-state index contributed by atoms with van der Waals surface area (Å²) in [6, 6.07) is 14.1. The maximum atomic E-state index is 12.1. The second-order valence-corrected chi connectivity index (χ2v) is 4.81. The predicted molar refractivity (Wildman–Crippen MR) is 84.7 cm³/mol. The molecule has 0 radical (unpaired) electrons. The second kappa shape index (κ2) is 6.90. The van der Waals surface area contributed by atoms with Crippen LogP contribution in [0.4, 0.5) is 11.4 Å². The van der Waals surface area contributed by atoms with Gasteiger partial charge in [0.2, 0.25) is 5.91 Å². The van der Waals surface area contributed by atoms with Gasteiger partial charge < -0.3 is 10.6 Å². The Bertz CT molecular complexity index is 654. The van der Waals surface area contributed by atoms with Crippen molar-refractivity contribution in [2.75, 3.05) is 10.6 Å². The fourth-order valence-corrected chi connectivity index (χ4v) is 2.00. The minimum atomic E-state index is -0.212. The quantitative estimate of drug-likeness (QED) is 0.847. The van der Waals surface area contributed by atoms with Gasteiger partial charge in [-0.15, -0.1) is 11.6 Å². The average Bonchev–Trinajstić information content (AvgIpc) is 2.47. The Kier molecular flexibility index (Phi) is 4.95. The van der Waals surface area contributed by atoms with Crippen LogP contribution < -0.4 is 10.6 Å². The van der Waals surface area contributed by atoms with Crippen LogP contribution in [0.1, 0.15) is 22.8 Å². The van der Waals surface area contributed by atoms with Gasteiger partial charge in [-0.3, -0.25) is 9.59 Å². The molecular weight excluding hydrogens is 288 g/mol. The molecule has 0 bridgehead atoms. The molecule has 0 heterocycles. The Morgan fingerprint density at radius 1 is 1.00 bits per heavy atom. The Balaban J connectivity index is 2.09. The van der Waals surface area contributed by atoms with Gasteiger partial charge >= 0.3 is 0 Å². The maximum Gasteiger partial charge on any atom is 0.255 e. The first-order valence-corrected chi connectivity index (χ1v) is 6.96. The fourth-order valence-electron chi connectivity index (χ4n) is 1.83. The predicted octanol–water partition coefficient (Wildman–Crippen LogP) is 3.64. The molecule has 2 aromatic carbocycles. The molecule has 0 aliphatic rings. The number of hydrogen-bond donors (Lipinski definition) is 2. The number of nitrogens with one attached hydrogen (secondary N) is 2. The SMILES string of the molecule is CC(=O)Nc1cccc(NC(=O)c2ccc(CCl)cc2)c1. The highest BCUT2D eigenvalue weighted by Gasteiger charge is 2.06. The third-order valence-corrected chi connectivity index (χ3v) is 3.12. The van der Waals surface area contributed by atoms with E-state index in [1.54, 1.807) is 36.4 Å². The average molecular weight is 303 g/mol. The summed E-state index contributed by atoms with van der Waals surface area (Å²) in [5.74, 6) is 0.0481. The molecule has 0 aromatic heterocycles. The molecule has 2 aromatic rings. The molecule has 0 aliphatic carbocycles. The fraction of sp³-hybridized carbons (Fsp3) is 0.125. The van der Waals surface area contributed by atoms with E-state index in [0.29, 0.717) is 22.8 Å². The van der Waals surface area contributed by atoms with Crippen molar-refractivity contribution in [3.05, 3.63) is 59.7 Å². The monoisotopic (exact) mass is 302 g/mol. The summed E-state index contributed by atoms with van der Waals surface area (Å²) in [5.41, 5.74) is 2.76. The molecule has 0 atom stereocenters. The van der Waals surface area contributed by atoms with Crippen molar-refractivity contribution >= 4 is 34.8 Å². The molecule has 5 heteroatoms. The highest BCUT2D eigenvalue weighted by Crippen LogP contribution is 2.16. The lowest BCUT2D eigenvalue weighted by Gasteiger charge is -2.08. The summed E-state index contributed by atoms with van der Waals surface area (Å²) in [4.78, 5) is 23.1. The van der Waals surface area contributed by atoms with Gasteiger partial charge in [0.25, 0.3) is 5.91 Å². The molecular formula is C16H15ClN2O2. The van der Waals surface area contributed by atoms with Crippen molar-refractivity contribution in [3.8, 4) is 0 Å². The number of hydrogen-bond acceptors (Lipinski definition) is 2. The molecule has 21 heavy (non-hydrogen) atoms. The van der Waals surface area contributed by atoms with Crippen LogP contribution in [-0.4, -0.2) is 11.8 Å². The van der Waals surface area contributed by atoms with Crippen LogP contribution in [0.5, 0.6) is 0 Å². The Morgan fingerprint density at radius 2 is 1.62 bits per heavy atom. The molecule has 4 nitrogen and oxygen atoms in total. The molecule has 2 amide bonds. The first kappa shape index (κ1) is 15.1. The lowest BCUT2D eigenvalue weighted by molar-refractivity contribution is -0.114. The maximum absolute atomic E-state index is 12.1. The van der Waals surface area contributed by atoms with E-state index in [4.69, 9.17) is 11.6 Å². The zero-order valence-electron chi connectivity index (χ0n) is 11.5. The van der Waals surface area contributed by atoms with Crippen LogP contribution in [0.3, 0.4) is 0 Å². The van der Waals surface area contributed by atoms with Gasteiger partial charge in [-0.1, -0.05) is 18.2 Å². The number of benzene rings is 2. The Hall–Kier alpha value is -2.33. The lowest BCUT2D eigenvalue weighted by atomic mass is 10.1. The number of halogens is 1. The molecule has 0 aliphatic heterocycles. The van der Waals surface area contributed by atoms with Crippen molar-refractivity contribution in [1.82, 2.24) is 0 Å². The summed E-state index contributed by atoms with van der Waals surface area (Å²) >= 11 is 5.71. The van der Waals surface area contributed by atoms with Gasteiger partial charge in [0.15, 0.2) is 0 Å². The largest absolute Gasteiger partial charge is 0.326 e. The van der Waals surface area contributed by atoms with E-state index < -0.39 is 0 Å². The summed E-state index contributed by atoms with van der Waals surface area (Å²) in [5, 5.41) is 5.45. The topological polar surface area (TPSA) is 58.2 Å². The van der Waals surface area contributed by atoms with E-state index in [9.17, 15) is 9.59 Å². The van der Waals surface area contributed by atoms with Crippen molar-refractivity contribution in [2.45, 2.75) is 12.8 Å². The van der Waals surface area contributed by atoms with Crippen molar-refractivity contribution in [3.63, 3.8) is 0 Å². The summed E-state index contributed by atoms with van der Waals surface area (Å²) in [6.07, 6.45) is 0. The van der Waals surface area contributed by atoms with Crippen LogP contribution in [0, 0.1) is 0 Å². The number of amides is 2. The van der Waals surface area contributed by atoms with Gasteiger partial charge in [0.1, 0.15) is 0 Å². The van der Waals surface area contributed by atoms with E-state index in [2.05, 4.69) is 10.6 Å². The van der Waals surface area contributed by atoms with Gasteiger partial charge in [-0.2, -0.15) is 0 Å². The first-order chi connectivity index (χ1) is 10.1. The second-order valence-electron chi connectivity index (χ2n) is 4.55. The summed E-state index contributed by atoms with van der Waals surface area (Å²) in [7, 11) is 0. The minimum Gasteiger partial charge on any atom is -0.326 e. The van der Waals surface area contributed by atoms with Crippen LogP contribution in [0.15, 0.2) is 48.5 Å². The zero-order valence-corrected chi connectivity index (χ0v) is 12.3. The normalized spacial score (nSPS) is 10.0. The Morgan fingerprint density at radius 3 is 2.19 bits per heavy atom. The number of alkyl halides is 1. The highest BCUT2D eigenvalue weighted by atomic mass is 35.5. The van der Waals surface area contributed by atoms with Gasteiger partial charge in [0.05, 0.1) is 0 Å². The molecule has 2 rings (SSSR count). The minimum absolute atomic E-state index is 0.157. The molecule has 0 saturated carbocycles. The molecule has 0 spiro atoms. The summed E-state index contributed by atoms with van der Waals surface area (Å²) < 4.78 is 0. The van der Waals surface area contributed by atoms with E-state index in [-0.39, 0.29) is 11.8 Å². The Labute approximate surface area is 128 Å². The highest BCUT2D eigenvalue weighted by molar-refractivity contribution is 6.17. The third kappa shape index (κ3) is 4.33. The lowest BCUT2D eigenvalue weighted by Crippen LogP contribution is -2.12. The first-order valence-electron chi connectivity index (χ1n) is 6.42. The third-order valence-electron chi connectivity index (χ3n) is 2.81. The van der Waals surface area contributed by atoms with Crippen molar-refractivity contribution < 1.29 is 9.59 Å². The van der Waals surface area contributed by atoms with Gasteiger partial charge in [-0.25, -0.2) is 0 Å². The number of carbonyl (C=O) groups is 2. The molecule has 0 unspecified atom stereocenters. The van der Waals surface area contributed by atoms with Crippen LogP contribution in [0.25, 0.3) is 0 Å². The van der Waals surface area contributed by atoms with Crippen LogP contribution in [0.2, 0.25) is 0 Å². The molecule has 0 fully saturated rings. The van der Waals surface area contributed by atoms with Crippen LogP contribution >= 0.6 is 11.6 Å². The molecule has 0 saturated heterocycles. The van der Waals surface area contributed by atoms with E-state index in [0.717, 1.165) is 5.56 Å². The van der Waals surface area contributed by atoms with Crippen molar-refractivity contribution in [2.24, 2.45) is 0 Å².